The van der Waals surface area contributed by atoms with Gasteiger partial charge in [-0.1, -0.05) is 6.07 Å². The van der Waals surface area contributed by atoms with Gasteiger partial charge in [-0.2, -0.15) is 0 Å². The number of anilines is 1. The van der Waals surface area contributed by atoms with Crippen molar-refractivity contribution in [2.75, 3.05) is 23.5 Å². The number of unbranched alkanes of at least 4 members (excludes halogenated alkanes) is 1. The van der Waals surface area contributed by atoms with Crippen LogP contribution in [0.2, 0.25) is 0 Å². The number of esters is 1. The van der Waals surface area contributed by atoms with Gasteiger partial charge in [0.25, 0.3) is 0 Å². The highest BCUT2D eigenvalue weighted by atomic mass is 35.5. The zero-order valence-electron chi connectivity index (χ0n) is 11.5. The van der Waals surface area contributed by atoms with Gasteiger partial charge >= 0.3 is 5.97 Å². The van der Waals surface area contributed by atoms with Gasteiger partial charge in [0.15, 0.2) is 0 Å². The number of rotatable bonds is 7. The van der Waals surface area contributed by atoms with Crippen molar-refractivity contribution in [3.63, 3.8) is 0 Å². The molecule has 1 rings (SSSR count). The molecular weight excluding hydrogens is 302 g/mol. The molecule has 112 valence electrons. The number of nitrogens with one attached hydrogen (secondary N) is 1. The van der Waals surface area contributed by atoms with Gasteiger partial charge in [0.05, 0.1) is 24.1 Å². The highest BCUT2D eigenvalue weighted by Gasteiger charge is 2.16. The fraction of sp³-hybridized carbons (Fsp3) is 0.462. The van der Waals surface area contributed by atoms with Crippen LogP contribution in [-0.2, 0) is 14.8 Å². The summed E-state index contributed by atoms with van der Waals surface area (Å²) in [4.78, 5) is 11.5. The second kappa shape index (κ2) is 7.50. The molecule has 0 aliphatic carbocycles. The fourth-order valence-corrected chi connectivity index (χ4v) is 3.11. The van der Waals surface area contributed by atoms with Gasteiger partial charge < -0.3 is 4.74 Å². The van der Waals surface area contributed by atoms with Gasteiger partial charge in [0.1, 0.15) is 0 Å². The Labute approximate surface area is 124 Å². The van der Waals surface area contributed by atoms with Gasteiger partial charge in [0.2, 0.25) is 10.0 Å². The number of carbonyl (C=O) groups is 1. The molecule has 1 aromatic rings. The first-order valence-corrected chi connectivity index (χ1v) is 8.34. The zero-order valence-corrected chi connectivity index (χ0v) is 13.1. The summed E-state index contributed by atoms with van der Waals surface area (Å²) < 4.78 is 31.0. The summed E-state index contributed by atoms with van der Waals surface area (Å²) in [6.07, 6.45) is 1.14. The third-order valence-electron chi connectivity index (χ3n) is 2.80. The monoisotopic (exact) mass is 319 g/mol. The number of methoxy groups -OCH3 is 1. The molecule has 0 fully saturated rings. The molecule has 0 heterocycles. The Bertz CT molecular complexity index is 572. The lowest BCUT2D eigenvalue weighted by Gasteiger charge is -2.12. The SMILES string of the molecule is COC(=O)c1cccc(NS(=O)(=O)CCCCCl)c1C. The molecule has 0 aliphatic rings. The highest BCUT2D eigenvalue weighted by Crippen LogP contribution is 2.21. The van der Waals surface area contributed by atoms with Crippen molar-refractivity contribution in [2.24, 2.45) is 0 Å². The smallest absolute Gasteiger partial charge is 0.338 e. The molecule has 1 aromatic carbocycles. The number of halogens is 1. The summed E-state index contributed by atoms with van der Waals surface area (Å²) in [7, 11) is -2.16. The predicted molar refractivity (Wildman–Crippen MR) is 79.9 cm³/mol. The van der Waals surface area contributed by atoms with E-state index in [2.05, 4.69) is 9.46 Å². The molecule has 0 saturated carbocycles. The fourth-order valence-electron chi connectivity index (χ4n) is 1.68. The van der Waals surface area contributed by atoms with E-state index >= 15 is 0 Å². The van der Waals surface area contributed by atoms with Crippen molar-refractivity contribution < 1.29 is 17.9 Å². The van der Waals surface area contributed by atoms with Crippen molar-refractivity contribution in [3.05, 3.63) is 29.3 Å². The summed E-state index contributed by atoms with van der Waals surface area (Å²) in [6, 6.07) is 4.81. The van der Waals surface area contributed by atoms with Crippen LogP contribution in [0.15, 0.2) is 18.2 Å². The molecule has 0 aromatic heterocycles. The van der Waals surface area contributed by atoms with Gasteiger partial charge in [-0.15, -0.1) is 11.6 Å². The van der Waals surface area contributed by atoms with E-state index in [0.717, 1.165) is 0 Å². The number of hydrogen-bond acceptors (Lipinski definition) is 4. The zero-order chi connectivity index (χ0) is 15.2. The van der Waals surface area contributed by atoms with Crippen molar-refractivity contribution in [2.45, 2.75) is 19.8 Å². The van der Waals surface area contributed by atoms with Crippen LogP contribution in [0.4, 0.5) is 5.69 Å². The van der Waals surface area contributed by atoms with Crippen LogP contribution in [0, 0.1) is 6.92 Å². The summed E-state index contributed by atoms with van der Waals surface area (Å²) in [5, 5.41) is 0. The van der Waals surface area contributed by atoms with Gasteiger partial charge in [-0.05, 0) is 37.5 Å². The van der Waals surface area contributed by atoms with Crippen LogP contribution in [0.25, 0.3) is 0 Å². The van der Waals surface area contributed by atoms with Crippen molar-refractivity contribution in [3.8, 4) is 0 Å². The Morgan fingerprint density at radius 2 is 2.05 bits per heavy atom. The summed E-state index contributed by atoms with van der Waals surface area (Å²) in [5.41, 5.74) is 1.27. The maximum absolute atomic E-state index is 11.9. The third kappa shape index (κ3) is 4.68. The van der Waals surface area contributed by atoms with E-state index in [9.17, 15) is 13.2 Å². The molecule has 0 bridgehead atoms. The first kappa shape index (κ1) is 16.8. The van der Waals surface area contributed by atoms with E-state index in [1.807, 2.05) is 0 Å². The molecule has 0 saturated heterocycles. The maximum atomic E-state index is 11.9. The lowest BCUT2D eigenvalue weighted by Crippen LogP contribution is -2.18. The largest absolute Gasteiger partial charge is 0.465 e. The maximum Gasteiger partial charge on any atom is 0.338 e. The number of alkyl halides is 1. The van der Waals surface area contributed by atoms with E-state index in [-0.39, 0.29) is 5.75 Å². The molecular formula is C13H18ClNO4S. The van der Waals surface area contributed by atoms with Gasteiger partial charge in [-0.25, -0.2) is 13.2 Å². The molecule has 20 heavy (non-hydrogen) atoms. The van der Waals surface area contributed by atoms with E-state index in [4.69, 9.17) is 11.6 Å². The van der Waals surface area contributed by atoms with Gasteiger partial charge in [0, 0.05) is 5.88 Å². The van der Waals surface area contributed by atoms with Crippen LogP contribution in [-0.4, -0.2) is 33.1 Å². The van der Waals surface area contributed by atoms with Crippen LogP contribution in [0.5, 0.6) is 0 Å². The molecule has 0 amide bonds. The number of sulfonamides is 1. The summed E-state index contributed by atoms with van der Waals surface area (Å²) >= 11 is 5.52. The van der Waals surface area contributed by atoms with Crippen molar-refractivity contribution >= 4 is 33.3 Å². The van der Waals surface area contributed by atoms with Crippen molar-refractivity contribution in [1.82, 2.24) is 0 Å². The Kier molecular flexibility index (Phi) is 6.29. The molecule has 0 radical (unpaired) electrons. The summed E-state index contributed by atoms with van der Waals surface area (Å²) in [6.45, 7) is 1.67. The second-order valence-electron chi connectivity index (χ2n) is 4.29. The highest BCUT2D eigenvalue weighted by molar-refractivity contribution is 7.92. The average molecular weight is 320 g/mol. The van der Waals surface area contributed by atoms with E-state index in [1.165, 1.54) is 7.11 Å². The molecule has 1 N–H and O–H groups in total. The second-order valence-corrected chi connectivity index (χ2v) is 6.51. The van der Waals surface area contributed by atoms with Crippen LogP contribution < -0.4 is 4.72 Å². The Balaban J connectivity index is 2.90. The summed E-state index contributed by atoms with van der Waals surface area (Å²) in [5.74, 6) is -0.0563. The van der Waals surface area contributed by atoms with E-state index < -0.39 is 16.0 Å². The first-order valence-electron chi connectivity index (χ1n) is 6.15. The van der Waals surface area contributed by atoms with E-state index in [1.54, 1.807) is 25.1 Å². The molecule has 7 heteroatoms. The van der Waals surface area contributed by atoms with Crippen LogP contribution in [0.3, 0.4) is 0 Å². The van der Waals surface area contributed by atoms with E-state index in [0.29, 0.717) is 35.5 Å². The molecule has 0 spiro atoms. The molecule has 0 atom stereocenters. The topological polar surface area (TPSA) is 72.5 Å². The minimum atomic E-state index is -3.44. The lowest BCUT2D eigenvalue weighted by molar-refractivity contribution is 0.0600. The van der Waals surface area contributed by atoms with Gasteiger partial charge in [-0.3, -0.25) is 4.72 Å². The third-order valence-corrected chi connectivity index (χ3v) is 4.43. The van der Waals surface area contributed by atoms with Crippen LogP contribution >= 0.6 is 11.6 Å². The minimum absolute atomic E-state index is 0.00160. The first-order chi connectivity index (χ1) is 9.41. The van der Waals surface area contributed by atoms with Crippen molar-refractivity contribution in [1.29, 1.82) is 0 Å². The number of benzene rings is 1. The number of ether oxygens (including phenoxy) is 1. The average Bonchev–Trinajstić information content (AvgIpc) is 2.40. The van der Waals surface area contributed by atoms with Crippen LogP contribution in [0.1, 0.15) is 28.8 Å². The predicted octanol–water partition coefficient (Wildman–Crippen LogP) is 2.54. The normalized spacial score (nSPS) is 11.2. The minimum Gasteiger partial charge on any atom is -0.465 e. The lowest BCUT2D eigenvalue weighted by atomic mass is 10.1. The Morgan fingerprint density at radius 3 is 2.65 bits per heavy atom. The number of carbonyl (C=O) groups excluding carboxylic acids is 1. The Hall–Kier alpha value is -1.27. The number of hydrogen-bond donors (Lipinski definition) is 1. The molecule has 0 aliphatic heterocycles. The molecule has 5 nitrogen and oxygen atoms in total. The molecule has 0 unspecified atom stereocenters. The standard InChI is InChI=1S/C13H18ClNO4S/c1-10-11(13(16)19-2)6-5-7-12(10)15-20(17,18)9-4-3-8-14/h5-7,15H,3-4,8-9H2,1-2H3. The quantitative estimate of drug-likeness (QED) is 0.476. The Morgan fingerprint density at radius 1 is 1.35 bits per heavy atom.